The lowest BCUT2D eigenvalue weighted by molar-refractivity contribution is 0.0951. The maximum atomic E-state index is 10.5. The molecule has 0 radical (unpaired) electrons. The van der Waals surface area contributed by atoms with E-state index in [2.05, 4.69) is 0 Å². The Morgan fingerprint density at radius 2 is 2.50 bits per heavy atom. The van der Waals surface area contributed by atoms with Crippen LogP contribution in [0.1, 0.15) is 15.9 Å². The predicted molar refractivity (Wildman–Crippen MR) is 51.8 cm³/mol. The molecule has 0 saturated heterocycles. The van der Waals surface area contributed by atoms with Crippen LogP contribution in [-0.4, -0.2) is 26.1 Å². The molecular weight excluding hydrogens is 180 g/mol. The van der Waals surface area contributed by atoms with Crippen molar-refractivity contribution in [1.82, 2.24) is 0 Å². The van der Waals surface area contributed by atoms with E-state index in [0.29, 0.717) is 12.2 Å². The zero-order valence-electron chi connectivity index (χ0n) is 8.03. The number of hydrogen-bond acceptors (Lipinski definition) is 3. The van der Waals surface area contributed by atoms with Crippen molar-refractivity contribution in [2.75, 3.05) is 13.7 Å². The van der Waals surface area contributed by atoms with Gasteiger partial charge in [0.1, 0.15) is 18.1 Å². The lowest BCUT2D eigenvalue weighted by Gasteiger charge is -2.07. The van der Waals surface area contributed by atoms with Crippen LogP contribution in [0, 0.1) is 0 Å². The standard InChI is InChI=1S/C11H12O3/c1-13-7-10-5-9-4-8(6-12)2-3-11(9)14-10/h2-4,6,10H,5,7H2,1H3/t10-/m0/s1. The van der Waals surface area contributed by atoms with Crippen molar-refractivity contribution in [2.45, 2.75) is 12.5 Å². The van der Waals surface area contributed by atoms with Crippen molar-refractivity contribution in [2.24, 2.45) is 0 Å². The summed E-state index contributed by atoms with van der Waals surface area (Å²) < 4.78 is 10.6. The first-order chi connectivity index (χ1) is 6.83. The average Bonchev–Trinajstić information content (AvgIpc) is 2.59. The number of ether oxygens (including phenoxy) is 2. The summed E-state index contributed by atoms with van der Waals surface area (Å²) in [4.78, 5) is 10.5. The van der Waals surface area contributed by atoms with Gasteiger partial charge in [-0.05, 0) is 23.8 Å². The Kier molecular flexibility index (Phi) is 2.50. The first kappa shape index (κ1) is 9.21. The van der Waals surface area contributed by atoms with Gasteiger partial charge in [0.15, 0.2) is 0 Å². The van der Waals surface area contributed by atoms with Gasteiger partial charge < -0.3 is 9.47 Å². The maximum Gasteiger partial charge on any atom is 0.150 e. The van der Waals surface area contributed by atoms with Crippen LogP contribution >= 0.6 is 0 Å². The summed E-state index contributed by atoms with van der Waals surface area (Å²) in [7, 11) is 1.66. The van der Waals surface area contributed by atoms with Crippen LogP contribution in [0.2, 0.25) is 0 Å². The van der Waals surface area contributed by atoms with E-state index in [4.69, 9.17) is 9.47 Å². The lowest BCUT2D eigenvalue weighted by atomic mass is 10.1. The minimum atomic E-state index is 0.0944. The molecule has 3 nitrogen and oxygen atoms in total. The zero-order chi connectivity index (χ0) is 9.97. The summed E-state index contributed by atoms with van der Waals surface area (Å²) in [5, 5.41) is 0. The molecular formula is C11H12O3. The summed E-state index contributed by atoms with van der Waals surface area (Å²) in [6.07, 6.45) is 1.77. The molecule has 1 atom stereocenters. The number of benzene rings is 1. The van der Waals surface area contributed by atoms with E-state index in [-0.39, 0.29) is 6.10 Å². The van der Waals surface area contributed by atoms with Crippen LogP contribution in [-0.2, 0) is 11.2 Å². The molecule has 1 aliphatic rings. The second-order valence-electron chi connectivity index (χ2n) is 3.38. The molecule has 1 heterocycles. The van der Waals surface area contributed by atoms with Crippen LogP contribution in [0.5, 0.6) is 5.75 Å². The molecule has 0 N–H and O–H groups in total. The Morgan fingerprint density at radius 3 is 3.21 bits per heavy atom. The smallest absolute Gasteiger partial charge is 0.150 e. The van der Waals surface area contributed by atoms with Gasteiger partial charge in [-0.3, -0.25) is 4.79 Å². The molecule has 0 amide bonds. The Bertz CT molecular complexity index is 346. The molecule has 0 unspecified atom stereocenters. The number of carbonyl (C=O) groups excluding carboxylic acids is 1. The third-order valence-corrected chi connectivity index (χ3v) is 2.31. The second-order valence-corrected chi connectivity index (χ2v) is 3.38. The van der Waals surface area contributed by atoms with E-state index in [1.807, 2.05) is 12.1 Å². The first-order valence-corrected chi connectivity index (χ1v) is 4.57. The highest BCUT2D eigenvalue weighted by Crippen LogP contribution is 2.29. The zero-order valence-corrected chi connectivity index (χ0v) is 8.03. The third-order valence-electron chi connectivity index (χ3n) is 2.31. The predicted octanol–water partition coefficient (Wildman–Crippen LogP) is 1.45. The molecule has 0 spiro atoms. The number of carbonyl (C=O) groups is 1. The first-order valence-electron chi connectivity index (χ1n) is 4.57. The molecule has 0 fully saturated rings. The highest BCUT2D eigenvalue weighted by Gasteiger charge is 2.22. The number of hydrogen-bond donors (Lipinski definition) is 0. The van der Waals surface area contributed by atoms with Crippen molar-refractivity contribution < 1.29 is 14.3 Å². The molecule has 2 rings (SSSR count). The van der Waals surface area contributed by atoms with Crippen molar-refractivity contribution in [1.29, 1.82) is 0 Å². The summed E-state index contributed by atoms with van der Waals surface area (Å²) in [6, 6.07) is 5.48. The Labute approximate surface area is 82.6 Å². The molecule has 0 saturated carbocycles. The lowest BCUT2D eigenvalue weighted by Crippen LogP contribution is -2.19. The van der Waals surface area contributed by atoms with Gasteiger partial charge in [0.2, 0.25) is 0 Å². The summed E-state index contributed by atoms with van der Waals surface area (Å²) >= 11 is 0. The second kappa shape index (κ2) is 3.80. The topological polar surface area (TPSA) is 35.5 Å². The molecule has 0 bridgehead atoms. The Morgan fingerprint density at radius 1 is 1.64 bits per heavy atom. The van der Waals surface area contributed by atoms with Crippen LogP contribution in [0.25, 0.3) is 0 Å². The van der Waals surface area contributed by atoms with Crippen molar-refractivity contribution in [3.05, 3.63) is 29.3 Å². The van der Waals surface area contributed by atoms with Gasteiger partial charge in [-0.1, -0.05) is 0 Å². The SMILES string of the molecule is COC[C@@H]1Cc2cc(C=O)ccc2O1. The van der Waals surface area contributed by atoms with Crippen molar-refractivity contribution in [3.8, 4) is 5.75 Å². The van der Waals surface area contributed by atoms with Crippen molar-refractivity contribution >= 4 is 6.29 Å². The highest BCUT2D eigenvalue weighted by atomic mass is 16.5. The number of methoxy groups -OCH3 is 1. The minimum absolute atomic E-state index is 0.0944. The van der Waals surface area contributed by atoms with E-state index in [1.54, 1.807) is 13.2 Å². The largest absolute Gasteiger partial charge is 0.487 e. The van der Waals surface area contributed by atoms with E-state index in [0.717, 1.165) is 24.0 Å². The maximum absolute atomic E-state index is 10.5. The van der Waals surface area contributed by atoms with Gasteiger partial charge in [0.05, 0.1) is 6.61 Å². The Hall–Kier alpha value is -1.35. The molecule has 1 aliphatic heterocycles. The number of fused-ring (bicyclic) bond motifs is 1. The van der Waals surface area contributed by atoms with Gasteiger partial charge >= 0.3 is 0 Å². The van der Waals surface area contributed by atoms with Gasteiger partial charge in [-0.15, -0.1) is 0 Å². The Balaban J connectivity index is 2.18. The number of aldehydes is 1. The average molecular weight is 192 g/mol. The van der Waals surface area contributed by atoms with Crippen LogP contribution in [0.4, 0.5) is 0 Å². The van der Waals surface area contributed by atoms with E-state index < -0.39 is 0 Å². The minimum Gasteiger partial charge on any atom is -0.487 e. The monoisotopic (exact) mass is 192 g/mol. The van der Waals surface area contributed by atoms with Gasteiger partial charge in [-0.25, -0.2) is 0 Å². The molecule has 0 aliphatic carbocycles. The van der Waals surface area contributed by atoms with Gasteiger partial charge in [0, 0.05) is 19.1 Å². The summed E-state index contributed by atoms with van der Waals surface area (Å²) in [5.41, 5.74) is 1.79. The molecule has 14 heavy (non-hydrogen) atoms. The summed E-state index contributed by atoms with van der Waals surface area (Å²) in [6.45, 7) is 0.588. The molecule has 3 heteroatoms. The third kappa shape index (κ3) is 1.63. The van der Waals surface area contributed by atoms with Crippen LogP contribution in [0.15, 0.2) is 18.2 Å². The molecule has 74 valence electrons. The normalized spacial score (nSPS) is 18.8. The molecule has 0 aromatic heterocycles. The van der Waals surface area contributed by atoms with E-state index >= 15 is 0 Å². The van der Waals surface area contributed by atoms with Crippen LogP contribution in [0.3, 0.4) is 0 Å². The van der Waals surface area contributed by atoms with Crippen molar-refractivity contribution in [3.63, 3.8) is 0 Å². The fraction of sp³-hybridized carbons (Fsp3) is 0.364. The number of rotatable bonds is 3. The summed E-state index contributed by atoms with van der Waals surface area (Å²) in [5.74, 6) is 0.873. The van der Waals surface area contributed by atoms with Gasteiger partial charge in [0.25, 0.3) is 0 Å². The highest BCUT2D eigenvalue weighted by molar-refractivity contribution is 5.75. The molecule has 1 aromatic rings. The van der Waals surface area contributed by atoms with Crippen LogP contribution < -0.4 is 4.74 Å². The van der Waals surface area contributed by atoms with Gasteiger partial charge in [-0.2, -0.15) is 0 Å². The fourth-order valence-corrected chi connectivity index (χ4v) is 1.69. The quantitative estimate of drug-likeness (QED) is 0.680. The van der Waals surface area contributed by atoms with E-state index in [9.17, 15) is 4.79 Å². The molecule has 1 aromatic carbocycles. The fourth-order valence-electron chi connectivity index (χ4n) is 1.69. The van der Waals surface area contributed by atoms with E-state index in [1.165, 1.54) is 0 Å².